The van der Waals surface area contributed by atoms with E-state index in [1.165, 1.54) is 0 Å². The zero-order valence-electron chi connectivity index (χ0n) is 8.69. The molecule has 0 aromatic rings. The molecular weight excluding hydrogens is 198 g/mol. The molecule has 1 saturated heterocycles. The maximum absolute atomic E-state index is 10.8. The number of carbonyl (C=O) groups is 1. The molecule has 0 bridgehead atoms. The molecule has 0 aromatic heterocycles. The van der Waals surface area contributed by atoms with Gasteiger partial charge in [0.2, 0.25) is 0 Å². The summed E-state index contributed by atoms with van der Waals surface area (Å²) in [6.07, 6.45) is 1.75. The van der Waals surface area contributed by atoms with E-state index < -0.39 is 0 Å². The third kappa shape index (κ3) is 5.34. The summed E-state index contributed by atoms with van der Waals surface area (Å²) < 4.78 is 5.22. The Labute approximate surface area is 88.9 Å². The fourth-order valence-electron chi connectivity index (χ4n) is 1.44. The maximum atomic E-state index is 10.8. The van der Waals surface area contributed by atoms with E-state index in [4.69, 9.17) is 9.94 Å². The smallest absolute Gasteiger partial charge is 0.265 e. The molecule has 1 heterocycles. The Bertz CT molecular complexity index is 215. The highest BCUT2D eigenvalue weighted by Gasteiger charge is 2.09. The largest absolute Gasteiger partial charge is 0.411 e. The van der Waals surface area contributed by atoms with Crippen LogP contribution in [-0.2, 0) is 9.53 Å². The molecule has 6 nitrogen and oxygen atoms in total. The van der Waals surface area contributed by atoms with E-state index in [2.05, 4.69) is 15.4 Å². The van der Waals surface area contributed by atoms with Crippen molar-refractivity contribution in [3.05, 3.63) is 0 Å². The van der Waals surface area contributed by atoms with Gasteiger partial charge in [0.05, 0.1) is 13.2 Å². The van der Waals surface area contributed by atoms with Crippen LogP contribution < -0.4 is 5.32 Å². The van der Waals surface area contributed by atoms with Gasteiger partial charge in [0.1, 0.15) is 6.21 Å². The number of ether oxygens (including phenoxy) is 1. The molecule has 0 saturated carbocycles. The summed E-state index contributed by atoms with van der Waals surface area (Å²) in [6.45, 7) is 5.08. The van der Waals surface area contributed by atoms with Gasteiger partial charge in [0.15, 0.2) is 0 Å². The first-order chi connectivity index (χ1) is 7.33. The SMILES string of the molecule is O=C(C=NO)NCCCN1CCOCC1. The van der Waals surface area contributed by atoms with Crippen LogP contribution in [0.5, 0.6) is 0 Å². The normalized spacial score (nSPS) is 18.1. The zero-order valence-corrected chi connectivity index (χ0v) is 8.69. The fourth-order valence-corrected chi connectivity index (χ4v) is 1.44. The van der Waals surface area contributed by atoms with Crippen LogP contribution in [0.15, 0.2) is 5.16 Å². The summed E-state index contributed by atoms with van der Waals surface area (Å²) in [5, 5.41) is 13.3. The van der Waals surface area contributed by atoms with Crippen molar-refractivity contribution >= 4 is 12.1 Å². The van der Waals surface area contributed by atoms with Crippen LogP contribution in [-0.4, -0.2) is 61.6 Å². The Morgan fingerprint density at radius 3 is 2.93 bits per heavy atom. The molecule has 0 spiro atoms. The molecular formula is C9H17N3O3. The number of hydrogen-bond donors (Lipinski definition) is 2. The van der Waals surface area contributed by atoms with E-state index in [0.717, 1.165) is 45.5 Å². The van der Waals surface area contributed by atoms with Gasteiger partial charge in [0.25, 0.3) is 5.91 Å². The molecule has 2 N–H and O–H groups in total. The summed E-state index contributed by atoms with van der Waals surface area (Å²) >= 11 is 0. The lowest BCUT2D eigenvalue weighted by Crippen LogP contribution is -2.38. The molecule has 0 aliphatic carbocycles. The van der Waals surface area contributed by atoms with E-state index in [1.54, 1.807) is 0 Å². The van der Waals surface area contributed by atoms with E-state index >= 15 is 0 Å². The zero-order chi connectivity index (χ0) is 10.9. The number of rotatable bonds is 5. The Kier molecular flexibility index (Phi) is 5.72. The van der Waals surface area contributed by atoms with Gasteiger partial charge in [-0.3, -0.25) is 9.69 Å². The average Bonchev–Trinajstić information content (AvgIpc) is 2.26. The first kappa shape index (κ1) is 11.9. The van der Waals surface area contributed by atoms with Crippen LogP contribution in [0, 0.1) is 0 Å². The van der Waals surface area contributed by atoms with E-state index in [-0.39, 0.29) is 5.91 Å². The van der Waals surface area contributed by atoms with Crippen LogP contribution in [0.4, 0.5) is 0 Å². The number of carbonyl (C=O) groups excluding carboxylic acids is 1. The lowest BCUT2D eigenvalue weighted by atomic mass is 10.3. The van der Waals surface area contributed by atoms with Crippen molar-refractivity contribution in [2.24, 2.45) is 5.16 Å². The van der Waals surface area contributed by atoms with Crippen molar-refractivity contribution in [3.63, 3.8) is 0 Å². The predicted octanol–water partition coefficient (Wildman–Crippen LogP) is -0.715. The number of morpholine rings is 1. The molecule has 0 unspecified atom stereocenters. The second kappa shape index (κ2) is 7.19. The van der Waals surface area contributed by atoms with Gasteiger partial charge in [-0.1, -0.05) is 5.16 Å². The maximum Gasteiger partial charge on any atom is 0.265 e. The fraction of sp³-hybridized carbons (Fsp3) is 0.778. The molecule has 0 atom stereocenters. The van der Waals surface area contributed by atoms with Crippen molar-refractivity contribution in [2.45, 2.75) is 6.42 Å². The van der Waals surface area contributed by atoms with Crippen LogP contribution >= 0.6 is 0 Å². The minimum atomic E-state index is -0.362. The molecule has 1 aliphatic heterocycles. The highest BCUT2D eigenvalue weighted by atomic mass is 16.5. The molecule has 1 amide bonds. The van der Waals surface area contributed by atoms with E-state index in [1.807, 2.05) is 0 Å². The van der Waals surface area contributed by atoms with E-state index in [0.29, 0.717) is 6.54 Å². The molecule has 6 heteroatoms. The van der Waals surface area contributed by atoms with Crippen LogP contribution in [0.3, 0.4) is 0 Å². The molecule has 1 rings (SSSR count). The molecule has 0 radical (unpaired) electrons. The molecule has 0 aromatic carbocycles. The average molecular weight is 215 g/mol. The van der Waals surface area contributed by atoms with Crippen LogP contribution in [0.2, 0.25) is 0 Å². The highest BCUT2D eigenvalue weighted by Crippen LogP contribution is 1.96. The van der Waals surface area contributed by atoms with Crippen LogP contribution in [0.25, 0.3) is 0 Å². The summed E-state index contributed by atoms with van der Waals surface area (Å²) in [5.41, 5.74) is 0. The summed E-state index contributed by atoms with van der Waals surface area (Å²) in [4.78, 5) is 13.1. The molecule has 1 fully saturated rings. The van der Waals surface area contributed by atoms with E-state index in [9.17, 15) is 4.79 Å². The van der Waals surface area contributed by atoms with Gasteiger partial charge in [-0.05, 0) is 13.0 Å². The first-order valence-corrected chi connectivity index (χ1v) is 5.08. The lowest BCUT2D eigenvalue weighted by molar-refractivity contribution is -0.114. The minimum Gasteiger partial charge on any atom is -0.411 e. The monoisotopic (exact) mass is 215 g/mol. The van der Waals surface area contributed by atoms with Gasteiger partial charge < -0.3 is 15.3 Å². The van der Waals surface area contributed by atoms with Gasteiger partial charge in [0, 0.05) is 19.6 Å². The van der Waals surface area contributed by atoms with Crippen molar-refractivity contribution in [1.82, 2.24) is 10.2 Å². The van der Waals surface area contributed by atoms with Crippen LogP contribution in [0.1, 0.15) is 6.42 Å². The Balaban J connectivity index is 1.98. The number of oxime groups is 1. The number of hydrogen-bond acceptors (Lipinski definition) is 5. The van der Waals surface area contributed by atoms with Gasteiger partial charge in [-0.2, -0.15) is 0 Å². The van der Waals surface area contributed by atoms with Crippen molar-refractivity contribution in [1.29, 1.82) is 0 Å². The Hall–Kier alpha value is -1.14. The third-order valence-electron chi connectivity index (χ3n) is 2.23. The second-order valence-corrected chi connectivity index (χ2v) is 3.34. The Morgan fingerprint density at radius 1 is 1.53 bits per heavy atom. The number of nitrogens with one attached hydrogen (secondary N) is 1. The number of amides is 1. The van der Waals surface area contributed by atoms with Crippen molar-refractivity contribution < 1.29 is 14.7 Å². The summed E-state index contributed by atoms with van der Waals surface area (Å²) in [7, 11) is 0. The predicted molar refractivity (Wildman–Crippen MR) is 55.2 cm³/mol. The second-order valence-electron chi connectivity index (χ2n) is 3.34. The quantitative estimate of drug-likeness (QED) is 0.275. The van der Waals surface area contributed by atoms with Gasteiger partial charge in [-0.15, -0.1) is 0 Å². The van der Waals surface area contributed by atoms with Crippen molar-refractivity contribution in [2.75, 3.05) is 39.4 Å². The topological polar surface area (TPSA) is 74.2 Å². The van der Waals surface area contributed by atoms with Gasteiger partial charge in [-0.25, -0.2) is 0 Å². The van der Waals surface area contributed by atoms with Crippen molar-refractivity contribution in [3.8, 4) is 0 Å². The highest BCUT2D eigenvalue weighted by molar-refractivity contribution is 6.25. The molecule has 15 heavy (non-hydrogen) atoms. The summed E-state index contributed by atoms with van der Waals surface area (Å²) in [5.74, 6) is -0.362. The standard InChI is InChI=1S/C9H17N3O3/c13-9(8-11-14)10-2-1-3-12-4-6-15-7-5-12/h8,14H,1-7H2,(H,10,13). The summed E-state index contributed by atoms with van der Waals surface area (Å²) in [6, 6.07) is 0. The third-order valence-corrected chi connectivity index (χ3v) is 2.23. The number of nitrogens with zero attached hydrogens (tertiary/aromatic N) is 2. The van der Waals surface area contributed by atoms with Gasteiger partial charge >= 0.3 is 0 Å². The lowest BCUT2D eigenvalue weighted by Gasteiger charge is -2.26. The Morgan fingerprint density at radius 2 is 2.27 bits per heavy atom. The molecule has 1 aliphatic rings. The first-order valence-electron chi connectivity index (χ1n) is 5.08. The molecule has 86 valence electrons. The minimum absolute atomic E-state index is 0.362.